The molecule has 2 saturated carbocycles. The Labute approximate surface area is 171 Å². The van der Waals surface area contributed by atoms with Crippen LogP contribution in [0.15, 0.2) is 0 Å². The smallest absolute Gasteiger partial charge is 0.312 e. The van der Waals surface area contributed by atoms with E-state index in [0.717, 1.165) is 25.7 Å². The van der Waals surface area contributed by atoms with E-state index in [1.54, 1.807) is 0 Å². The van der Waals surface area contributed by atoms with Gasteiger partial charge in [-0.2, -0.15) is 0 Å². The number of carbonyl (C=O) groups is 2. The molecule has 2 saturated heterocycles. The maximum atomic E-state index is 13.7. The van der Waals surface area contributed by atoms with Crippen molar-refractivity contribution >= 4 is 11.9 Å². The lowest BCUT2D eigenvalue weighted by molar-refractivity contribution is -0.207. The fourth-order valence-corrected chi connectivity index (χ4v) is 6.65. The largest absolute Gasteiger partial charge is 0.459 e. The van der Waals surface area contributed by atoms with E-state index in [2.05, 4.69) is 55.4 Å². The van der Waals surface area contributed by atoms with Crippen LogP contribution in [-0.2, 0) is 19.1 Å². The summed E-state index contributed by atoms with van der Waals surface area (Å²) in [4.78, 5) is 26.3. The lowest BCUT2D eigenvalue weighted by Crippen LogP contribution is -2.57. The summed E-state index contributed by atoms with van der Waals surface area (Å²) >= 11 is 0. The van der Waals surface area contributed by atoms with E-state index in [-0.39, 0.29) is 34.1 Å². The second kappa shape index (κ2) is 5.98. The van der Waals surface area contributed by atoms with E-state index >= 15 is 0 Å². The molecule has 160 valence electrons. The summed E-state index contributed by atoms with van der Waals surface area (Å²) in [6, 6.07) is 0. The first-order valence-electron chi connectivity index (χ1n) is 10.9. The molecule has 4 rings (SSSR count). The molecule has 0 aromatic carbocycles. The molecule has 2 heterocycles. The lowest BCUT2D eigenvalue weighted by atomic mass is 9.55. The highest BCUT2D eigenvalue weighted by Crippen LogP contribution is 2.61. The molecule has 2 aliphatic heterocycles. The summed E-state index contributed by atoms with van der Waals surface area (Å²) in [6.45, 7) is 19.2. The van der Waals surface area contributed by atoms with Gasteiger partial charge in [0.1, 0.15) is 11.2 Å². The molecule has 4 aliphatic rings. The third kappa shape index (κ3) is 3.73. The molecule has 2 aliphatic carbocycles. The van der Waals surface area contributed by atoms with Crippen LogP contribution in [0.2, 0.25) is 0 Å². The number of carbonyl (C=O) groups excluding carboxylic acids is 2. The van der Waals surface area contributed by atoms with Crippen molar-refractivity contribution in [3.63, 3.8) is 0 Å². The summed E-state index contributed by atoms with van der Waals surface area (Å²) in [5.41, 5.74) is -1.94. The van der Waals surface area contributed by atoms with Crippen LogP contribution in [0, 0.1) is 27.6 Å². The third-order valence-electron chi connectivity index (χ3n) is 7.58. The number of rotatable bonds is 3. The summed E-state index contributed by atoms with van der Waals surface area (Å²) in [5.74, 6) is -0.368. The van der Waals surface area contributed by atoms with Gasteiger partial charge in [0, 0.05) is 12.8 Å². The van der Waals surface area contributed by atoms with Crippen LogP contribution in [0.4, 0.5) is 0 Å². The van der Waals surface area contributed by atoms with Crippen LogP contribution in [0.25, 0.3) is 0 Å². The van der Waals surface area contributed by atoms with Crippen molar-refractivity contribution in [2.24, 2.45) is 27.6 Å². The standard InChI is InChI=1S/C24H40O4/c1-19(2,3)12-23(9,20(4,5)6)18(26)28-24-11-16-10-21(7,14-24)13-22(8,15-24)27-17(16)25/h16H,10-15H2,1-9H3. The van der Waals surface area contributed by atoms with Gasteiger partial charge in [-0.05, 0) is 55.8 Å². The third-order valence-corrected chi connectivity index (χ3v) is 7.58. The first-order valence-corrected chi connectivity index (χ1v) is 10.9. The van der Waals surface area contributed by atoms with E-state index in [1.165, 1.54) is 0 Å². The molecular formula is C24H40O4. The van der Waals surface area contributed by atoms with Gasteiger partial charge >= 0.3 is 11.9 Å². The number of esters is 2. The first kappa shape index (κ1) is 21.6. The van der Waals surface area contributed by atoms with Gasteiger partial charge in [0.15, 0.2) is 0 Å². The zero-order valence-corrected chi connectivity index (χ0v) is 19.5. The van der Waals surface area contributed by atoms with E-state index in [0.29, 0.717) is 12.8 Å². The first-order chi connectivity index (χ1) is 12.4. The Balaban J connectivity index is 1.95. The minimum atomic E-state index is -0.601. The van der Waals surface area contributed by atoms with Gasteiger partial charge in [-0.3, -0.25) is 9.59 Å². The van der Waals surface area contributed by atoms with E-state index in [4.69, 9.17) is 9.47 Å². The maximum absolute atomic E-state index is 13.7. The highest BCUT2D eigenvalue weighted by atomic mass is 16.6. The summed E-state index contributed by atoms with van der Waals surface area (Å²) in [7, 11) is 0. The Bertz CT molecular complexity index is 684. The SMILES string of the molecule is CC(C)(C)CC(C)(C(=O)OC12CC3CC(C)(CC(C)(C1)OC3=O)C2)C(C)(C)C. The van der Waals surface area contributed by atoms with Gasteiger partial charge in [0.2, 0.25) is 0 Å². The van der Waals surface area contributed by atoms with Crippen LogP contribution in [-0.4, -0.2) is 23.1 Å². The topological polar surface area (TPSA) is 52.6 Å². The van der Waals surface area contributed by atoms with Crippen LogP contribution in [0.3, 0.4) is 0 Å². The molecule has 4 nitrogen and oxygen atoms in total. The second-order valence-corrected chi connectivity index (χ2v) is 13.2. The molecule has 4 bridgehead atoms. The molecule has 4 heteroatoms. The molecule has 5 unspecified atom stereocenters. The Kier molecular flexibility index (Phi) is 4.62. The molecule has 5 atom stereocenters. The Morgan fingerprint density at radius 3 is 2.18 bits per heavy atom. The molecular weight excluding hydrogens is 352 g/mol. The summed E-state index contributed by atoms with van der Waals surface area (Å²) < 4.78 is 12.4. The normalized spacial score (nSPS) is 39.9. The molecule has 4 fully saturated rings. The minimum Gasteiger partial charge on any atom is -0.459 e. The van der Waals surface area contributed by atoms with Gasteiger partial charge in [-0.15, -0.1) is 0 Å². The van der Waals surface area contributed by atoms with Crippen molar-refractivity contribution in [3.05, 3.63) is 0 Å². The van der Waals surface area contributed by atoms with Gasteiger partial charge in [0.25, 0.3) is 0 Å². The van der Waals surface area contributed by atoms with Crippen LogP contribution >= 0.6 is 0 Å². The number of hydrogen-bond donors (Lipinski definition) is 0. The summed E-state index contributed by atoms with van der Waals surface area (Å²) in [6.07, 6.45) is 4.53. The van der Waals surface area contributed by atoms with Crippen molar-refractivity contribution in [2.45, 2.75) is 112 Å². The van der Waals surface area contributed by atoms with Crippen molar-refractivity contribution in [2.75, 3.05) is 0 Å². The van der Waals surface area contributed by atoms with Crippen molar-refractivity contribution < 1.29 is 19.1 Å². The van der Waals surface area contributed by atoms with Gasteiger partial charge in [-0.25, -0.2) is 0 Å². The summed E-state index contributed by atoms with van der Waals surface area (Å²) in [5, 5.41) is 0. The van der Waals surface area contributed by atoms with E-state index in [1.807, 2.05) is 6.92 Å². The number of fused-ring (bicyclic) bond motifs is 1. The number of hydrogen-bond acceptors (Lipinski definition) is 4. The van der Waals surface area contributed by atoms with Crippen molar-refractivity contribution in [1.82, 2.24) is 0 Å². The molecule has 0 amide bonds. The highest BCUT2D eigenvalue weighted by molar-refractivity contribution is 5.79. The van der Waals surface area contributed by atoms with Gasteiger partial charge < -0.3 is 9.47 Å². The maximum Gasteiger partial charge on any atom is 0.312 e. The molecule has 0 aromatic rings. The van der Waals surface area contributed by atoms with Crippen LogP contribution in [0.5, 0.6) is 0 Å². The molecule has 0 aromatic heterocycles. The Morgan fingerprint density at radius 1 is 1.04 bits per heavy atom. The van der Waals surface area contributed by atoms with Crippen molar-refractivity contribution in [1.29, 1.82) is 0 Å². The van der Waals surface area contributed by atoms with Gasteiger partial charge in [-0.1, -0.05) is 48.5 Å². The zero-order valence-electron chi connectivity index (χ0n) is 19.5. The van der Waals surface area contributed by atoms with Crippen LogP contribution in [0.1, 0.15) is 101 Å². The molecule has 0 N–H and O–H groups in total. The zero-order chi connectivity index (χ0) is 21.4. The lowest BCUT2D eigenvalue weighted by Gasteiger charge is -2.55. The predicted octanol–water partition coefficient (Wildman–Crippen LogP) is 5.67. The minimum absolute atomic E-state index is 0.00941. The predicted molar refractivity (Wildman–Crippen MR) is 110 cm³/mol. The monoisotopic (exact) mass is 392 g/mol. The van der Waals surface area contributed by atoms with Crippen LogP contribution < -0.4 is 0 Å². The highest BCUT2D eigenvalue weighted by Gasteiger charge is 2.64. The number of ether oxygens (including phenoxy) is 2. The fraction of sp³-hybridized carbons (Fsp3) is 0.917. The average molecular weight is 393 g/mol. The fourth-order valence-electron chi connectivity index (χ4n) is 6.65. The van der Waals surface area contributed by atoms with Crippen molar-refractivity contribution in [3.8, 4) is 0 Å². The van der Waals surface area contributed by atoms with Gasteiger partial charge in [0.05, 0.1) is 11.3 Å². The molecule has 0 radical (unpaired) electrons. The average Bonchev–Trinajstić information content (AvgIpc) is 2.51. The quantitative estimate of drug-likeness (QED) is 0.580. The second-order valence-electron chi connectivity index (χ2n) is 13.2. The molecule has 0 spiro atoms. The van der Waals surface area contributed by atoms with E-state index in [9.17, 15) is 9.59 Å². The Morgan fingerprint density at radius 2 is 1.64 bits per heavy atom. The Hall–Kier alpha value is -1.06. The van der Waals surface area contributed by atoms with E-state index < -0.39 is 16.6 Å². The molecule has 28 heavy (non-hydrogen) atoms.